The number of fused-ring (bicyclic) bond motifs is 1. The fourth-order valence-corrected chi connectivity index (χ4v) is 4.16. The second kappa shape index (κ2) is 7.35. The number of hydrogen-bond acceptors (Lipinski definition) is 2. The van der Waals surface area contributed by atoms with Gasteiger partial charge >= 0.3 is 0 Å². The van der Waals surface area contributed by atoms with Crippen molar-refractivity contribution in [2.75, 3.05) is 6.54 Å². The summed E-state index contributed by atoms with van der Waals surface area (Å²) < 4.78 is 2.22. The lowest BCUT2D eigenvalue weighted by atomic mass is 9.64. The smallest absolute Gasteiger partial charge is 0.230 e. The van der Waals surface area contributed by atoms with Crippen LogP contribution in [0.1, 0.15) is 37.1 Å². The van der Waals surface area contributed by atoms with E-state index >= 15 is 0 Å². The molecule has 1 heterocycles. The molecule has 1 fully saturated rings. The fourth-order valence-electron chi connectivity index (χ4n) is 4.03. The zero-order valence-electron chi connectivity index (χ0n) is 15.5. The highest BCUT2D eigenvalue weighted by molar-refractivity contribution is 6.30. The Kier molecular flexibility index (Phi) is 4.92. The van der Waals surface area contributed by atoms with Gasteiger partial charge in [-0.2, -0.15) is 0 Å². The van der Waals surface area contributed by atoms with Gasteiger partial charge in [0.15, 0.2) is 0 Å². The molecule has 4 nitrogen and oxygen atoms in total. The maximum absolute atomic E-state index is 12.9. The van der Waals surface area contributed by atoms with Gasteiger partial charge in [0.05, 0.1) is 16.4 Å². The summed E-state index contributed by atoms with van der Waals surface area (Å²) in [6.07, 6.45) is 3.79. The van der Waals surface area contributed by atoms with E-state index in [-0.39, 0.29) is 11.3 Å². The third-order valence-corrected chi connectivity index (χ3v) is 5.98. The zero-order valence-corrected chi connectivity index (χ0v) is 16.3. The fraction of sp³-hybridized carbons (Fsp3) is 0.364. The molecule has 0 atom stereocenters. The number of halogens is 1. The van der Waals surface area contributed by atoms with Gasteiger partial charge in [-0.3, -0.25) is 4.79 Å². The van der Waals surface area contributed by atoms with Crippen molar-refractivity contribution in [1.82, 2.24) is 14.9 Å². The Morgan fingerprint density at radius 2 is 1.93 bits per heavy atom. The Morgan fingerprint density at radius 1 is 1.19 bits per heavy atom. The van der Waals surface area contributed by atoms with E-state index in [0.717, 1.165) is 54.6 Å². The summed E-state index contributed by atoms with van der Waals surface area (Å²) in [4.78, 5) is 17.5. The van der Waals surface area contributed by atoms with Crippen LogP contribution in [0.15, 0.2) is 48.5 Å². The highest BCUT2D eigenvalue weighted by Crippen LogP contribution is 2.44. The summed E-state index contributed by atoms with van der Waals surface area (Å²) >= 11 is 6.00. The Balaban J connectivity index is 1.38. The van der Waals surface area contributed by atoms with Crippen molar-refractivity contribution in [1.29, 1.82) is 0 Å². The molecule has 1 aliphatic carbocycles. The number of aromatic nitrogens is 2. The minimum atomic E-state index is -0.373. The Bertz CT molecular complexity index is 957. The van der Waals surface area contributed by atoms with Crippen molar-refractivity contribution in [2.45, 2.75) is 44.6 Å². The number of para-hydroxylation sites is 2. The topological polar surface area (TPSA) is 46.9 Å². The van der Waals surface area contributed by atoms with Crippen molar-refractivity contribution < 1.29 is 4.79 Å². The van der Waals surface area contributed by atoms with Crippen LogP contribution in [0.3, 0.4) is 0 Å². The SMILES string of the molecule is Cc1nc2ccccc2n1CCCNC(=O)C1(c2ccc(Cl)cc2)CCC1. The average molecular weight is 382 g/mol. The Morgan fingerprint density at radius 3 is 2.63 bits per heavy atom. The van der Waals surface area contributed by atoms with Crippen molar-refractivity contribution in [2.24, 2.45) is 0 Å². The predicted molar refractivity (Wildman–Crippen MR) is 109 cm³/mol. The van der Waals surface area contributed by atoms with Crippen molar-refractivity contribution in [3.63, 3.8) is 0 Å². The number of imidazole rings is 1. The third-order valence-electron chi connectivity index (χ3n) is 5.73. The van der Waals surface area contributed by atoms with Gasteiger partial charge < -0.3 is 9.88 Å². The molecule has 1 aromatic heterocycles. The molecule has 1 amide bonds. The largest absolute Gasteiger partial charge is 0.355 e. The van der Waals surface area contributed by atoms with E-state index in [1.807, 2.05) is 49.4 Å². The lowest BCUT2D eigenvalue weighted by Crippen LogP contribution is -2.49. The lowest BCUT2D eigenvalue weighted by Gasteiger charge is -2.40. The summed E-state index contributed by atoms with van der Waals surface area (Å²) in [5, 5.41) is 3.87. The number of carbonyl (C=O) groups excluding carboxylic acids is 1. The maximum Gasteiger partial charge on any atom is 0.230 e. The molecule has 4 rings (SSSR count). The van der Waals surface area contributed by atoms with Crippen LogP contribution in [-0.4, -0.2) is 22.0 Å². The normalized spacial score (nSPS) is 15.5. The molecular formula is C22H24ClN3O. The first kappa shape index (κ1) is 18.1. The van der Waals surface area contributed by atoms with E-state index in [9.17, 15) is 4.79 Å². The van der Waals surface area contributed by atoms with E-state index < -0.39 is 0 Å². The number of rotatable bonds is 6. The van der Waals surface area contributed by atoms with Crippen LogP contribution in [0.25, 0.3) is 11.0 Å². The summed E-state index contributed by atoms with van der Waals surface area (Å²) in [5.74, 6) is 1.16. The molecule has 0 saturated heterocycles. The molecule has 1 N–H and O–H groups in total. The number of aryl methyl sites for hydroxylation is 2. The van der Waals surface area contributed by atoms with Gasteiger partial charge in [0.1, 0.15) is 5.82 Å². The summed E-state index contributed by atoms with van der Waals surface area (Å²) in [6, 6.07) is 15.9. The van der Waals surface area contributed by atoms with Crippen molar-refractivity contribution in [3.05, 3.63) is 64.9 Å². The minimum absolute atomic E-state index is 0.142. The molecule has 27 heavy (non-hydrogen) atoms. The van der Waals surface area contributed by atoms with Gasteiger partial charge in [-0.25, -0.2) is 4.98 Å². The van der Waals surface area contributed by atoms with E-state index in [1.165, 1.54) is 0 Å². The Labute approximate surface area is 164 Å². The van der Waals surface area contributed by atoms with E-state index in [4.69, 9.17) is 11.6 Å². The number of hydrogen-bond donors (Lipinski definition) is 1. The minimum Gasteiger partial charge on any atom is -0.355 e. The highest BCUT2D eigenvalue weighted by Gasteiger charge is 2.45. The molecule has 0 aliphatic heterocycles. The number of carbonyl (C=O) groups is 1. The highest BCUT2D eigenvalue weighted by atomic mass is 35.5. The maximum atomic E-state index is 12.9. The van der Waals surface area contributed by atoms with Crippen molar-refractivity contribution in [3.8, 4) is 0 Å². The molecule has 2 aromatic carbocycles. The molecule has 0 radical (unpaired) electrons. The quantitative estimate of drug-likeness (QED) is 0.633. The van der Waals surface area contributed by atoms with Crippen LogP contribution in [0.5, 0.6) is 0 Å². The third kappa shape index (κ3) is 3.34. The second-order valence-electron chi connectivity index (χ2n) is 7.35. The van der Waals surface area contributed by atoms with Crippen molar-refractivity contribution >= 4 is 28.5 Å². The molecule has 5 heteroatoms. The van der Waals surface area contributed by atoms with Crippen LogP contribution < -0.4 is 5.32 Å². The molecule has 0 unspecified atom stereocenters. The molecular weight excluding hydrogens is 358 g/mol. The summed E-state index contributed by atoms with van der Waals surface area (Å²) in [6.45, 7) is 3.54. The molecule has 1 aliphatic rings. The number of amides is 1. The Hall–Kier alpha value is -2.33. The lowest BCUT2D eigenvalue weighted by molar-refractivity contribution is -0.129. The molecule has 1 saturated carbocycles. The van der Waals surface area contributed by atoms with Crippen LogP contribution >= 0.6 is 11.6 Å². The number of benzene rings is 2. The van der Waals surface area contributed by atoms with E-state index in [1.54, 1.807) is 0 Å². The van der Waals surface area contributed by atoms with Gasteiger partial charge in [0.2, 0.25) is 5.91 Å². The number of nitrogens with zero attached hydrogens (tertiary/aromatic N) is 2. The first-order chi connectivity index (χ1) is 13.1. The molecule has 140 valence electrons. The first-order valence-electron chi connectivity index (χ1n) is 9.56. The van der Waals surface area contributed by atoms with E-state index in [2.05, 4.69) is 20.9 Å². The summed E-state index contributed by atoms with van der Waals surface area (Å²) in [7, 11) is 0. The number of nitrogens with one attached hydrogen (secondary N) is 1. The standard InChI is InChI=1S/C22H24ClN3O/c1-16-25-19-6-2-3-7-20(19)26(16)15-5-14-24-21(27)22(12-4-13-22)17-8-10-18(23)11-9-17/h2-3,6-11H,4-5,12-15H2,1H3,(H,24,27). The second-order valence-corrected chi connectivity index (χ2v) is 7.79. The predicted octanol–water partition coefficient (Wildman–Crippen LogP) is 4.63. The van der Waals surface area contributed by atoms with Gasteiger partial charge in [-0.1, -0.05) is 42.3 Å². The molecule has 0 spiro atoms. The van der Waals surface area contributed by atoms with Gasteiger partial charge in [-0.05, 0) is 56.0 Å². The van der Waals surface area contributed by atoms with Crippen LogP contribution in [0.2, 0.25) is 5.02 Å². The van der Waals surface area contributed by atoms with Gasteiger partial charge in [0.25, 0.3) is 0 Å². The monoisotopic (exact) mass is 381 g/mol. The van der Waals surface area contributed by atoms with Crippen LogP contribution in [-0.2, 0) is 16.8 Å². The molecule has 0 bridgehead atoms. The summed E-state index contributed by atoms with van der Waals surface area (Å²) in [5.41, 5.74) is 2.88. The van der Waals surface area contributed by atoms with Crippen LogP contribution in [0, 0.1) is 6.92 Å². The zero-order chi connectivity index (χ0) is 18.9. The van der Waals surface area contributed by atoms with Gasteiger partial charge in [0, 0.05) is 18.1 Å². The average Bonchev–Trinajstić information content (AvgIpc) is 2.95. The van der Waals surface area contributed by atoms with Gasteiger partial charge in [-0.15, -0.1) is 0 Å². The molecule has 3 aromatic rings. The van der Waals surface area contributed by atoms with E-state index in [0.29, 0.717) is 11.6 Å². The van der Waals surface area contributed by atoms with Crippen LogP contribution in [0.4, 0.5) is 0 Å². The first-order valence-corrected chi connectivity index (χ1v) is 9.94.